The topological polar surface area (TPSA) is 29.9 Å². The number of hydrogen-bond acceptors (Lipinski definition) is 2. The Hall–Kier alpha value is -0.540. The highest BCUT2D eigenvalue weighted by Crippen LogP contribution is 2.31. The molecular formula is C16H30ClN3. The Kier molecular flexibility index (Phi) is 6.53. The third kappa shape index (κ3) is 4.23. The molecule has 1 unspecified atom stereocenters. The summed E-state index contributed by atoms with van der Waals surface area (Å²) < 4.78 is 2.07. The summed E-state index contributed by atoms with van der Waals surface area (Å²) in [6.07, 6.45) is 2.99. The minimum atomic E-state index is 0.214. The minimum absolute atomic E-state index is 0.214. The predicted octanol–water partition coefficient (Wildman–Crippen LogP) is 4.08. The molecule has 0 aromatic carbocycles. The Labute approximate surface area is 129 Å². The number of halogens is 1. The number of aromatic nitrogens is 2. The van der Waals surface area contributed by atoms with Crippen LogP contribution in [-0.2, 0) is 19.4 Å². The molecule has 3 nitrogen and oxygen atoms in total. The van der Waals surface area contributed by atoms with Crippen molar-refractivity contribution in [2.75, 3.05) is 6.54 Å². The summed E-state index contributed by atoms with van der Waals surface area (Å²) >= 11 is 6.53. The lowest BCUT2D eigenvalue weighted by Crippen LogP contribution is -2.37. The number of nitrogens with one attached hydrogen (secondary N) is 1. The average molecular weight is 300 g/mol. The number of hydrogen-bond donors (Lipinski definition) is 1. The zero-order valence-corrected chi connectivity index (χ0v) is 14.6. The molecule has 0 saturated heterocycles. The summed E-state index contributed by atoms with van der Waals surface area (Å²) in [7, 11) is 0. The van der Waals surface area contributed by atoms with E-state index in [0.29, 0.717) is 6.04 Å². The van der Waals surface area contributed by atoms with Crippen molar-refractivity contribution in [1.29, 1.82) is 0 Å². The highest BCUT2D eigenvalue weighted by atomic mass is 35.5. The highest BCUT2D eigenvalue weighted by Gasteiger charge is 2.27. The average Bonchev–Trinajstić information content (AvgIpc) is 2.73. The monoisotopic (exact) mass is 299 g/mol. The molecule has 0 amide bonds. The first kappa shape index (κ1) is 17.5. The first-order valence-electron chi connectivity index (χ1n) is 7.84. The largest absolute Gasteiger partial charge is 0.314 e. The van der Waals surface area contributed by atoms with E-state index in [4.69, 9.17) is 11.6 Å². The third-order valence-electron chi connectivity index (χ3n) is 4.08. The molecule has 1 aromatic rings. The molecule has 20 heavy (non-hydrogen) atoms. The van der Waals surface area contributed by atoms with Gasteiger partial charge in [-0.1, -0.05) is 46.2 Å². The van der Waals surface area contributed by atoms with Crippen LogP contribution in [0.2, 0.25) is 5.02 Å². The molecule has 0 aliphatic rings. The van der Waals surface area contributed by atoms with E-state index in [1.54, 1.807) is 0 Å². The standard InChI is InChI=1S/C16H30ClN3/c1-7-13-15(17)14(20(9-3)19-13)10-16(6,8-2)11-18-12(4)5/h12,18H,7-11H2,1-6H3. The molecule has 116 valence electrons. The van der Waals surface area contributed by atoms with Crippen molar-refractivity contribution in [3.63, 3.8) is 0 Å². The molecule has 1 heterocycles. The van der Waals surface area contributed by atoms with Gasteiger partial charge in [0.2, 0.25) is 0 Å². The van der Waals surface area contributed by atoms with E-state index in [-0.39, 0.29) is 5.41 Å². The van der Waals surface area contributed by atoms with Crippen LogP contribution in [0.25, 0.3) is 0 Å². The van der Waals surface area contributed by atoms with Crippen molar-refractivity contribution in [2.45, 2.75) is 73.4 Å². The van der Waals surface area contributed by atoms with Gasteiger partial charge < -0.3 is 5.32 Å². The number of aryl methyl sites for hydroxylation is 2. The predicted molar refractivity (Wildman–Crippen MR) is 87.5 cm³/mol. The van der Waals surface area contributed by atoms with Crippen LogP contribution >= 0.6 is 11.6 Å². The number of rotatable bonds is 8. The van der Waals surface area contributed by atoms with Gasteiger partial charge in [-0.3, -0.25) is 4.68 Å². The van der Waals surface area contributed by atoms with Gasteiger partial charge in [-0.2, -0.15) is 5.10 Å². The Morgan fingerprint density at radius 2 is 1.95 bits per heavy atom. The molecule has 0 aliphatic heterocycles. The fourth-order valence-electron chi connectivity index (χ4n) is 2.35. The van der Waals surface area contributed by atoms with Crippen LogP contribution in [0.1, 0.15) is 59.4 Å². The Balaban J connectivity index is 2.96. The highest BCUT2D eigenvalue weighted by molar-refractivity contribution is 6.31. The maximum atomic E-state index is 6.53. The second-order valence-electron chi connectivity index (χ2n) is 6.25. The Bertz CT molecular complexity index is 426. The molecule has 4 heteroatoms. The second kappa shape index (κ2) is 7.46. The summed E-state index contributed by atoms with van der Waals surface area (Å²) in [6, 6.07) is 0.513. The molecular weight excluding hydrogens is 270 g/mol. The van der Waals surface area contributed by atoms with Crippen LogP contribution in [0.3, 0.4) is 0 Å². The van der Waals surface area contributed by atoms with Gasteiger partial charge in [0, 0.05) is 19.1 Å². The van der Waals surface area contributed by atoms with Gasteiger partial charge in [-0.25, -0.2) is 0 Å². The summed E-state index contributed by atoms with van der Waals surface area (Å²) in [5.74, 6) is 0. The van der Waals surface area contributed by atoms with Crippen molar-refractivity contribution in [1.82, 2.24) is 15.1 Å². The lowest BCUT2D eigenvalue weighted by Gasteiger charge is -2.30. The van der Waals surface area contributed by atoms with Gasteiger partial charge >= 0.3 is 0 Å². The van der Waals surface area contributed by atoms with Gasteiger partial charge in [-0.15, -0.1) is 0 Å². The van der Waals surface area contributed by atoms with Gasteiger partial charge in [0.15, 0.2) is 0 Å². The third-order valence-corrected chi connectivity index (χ3v) is 4.52. The van der Waals surface area contributed by atoms with Gasteiger partial charge in [0.05, 0.1) is 16.4 Å². The van der Waals surface area contributed by atoms with Crippen LogP contribution in [0.5, 0.6) is 0 Å². The Morgan fingerprint density at radius 1 is 1.30 bits per heavy atom. The quantitative estimate of drug-likeness (QED) is 0.784. The van der Waals surface area contributed by atoms with E-state index in [0.717, 1.165) is 43.1 Å². The van der Waals surface area contributed by atoms with Crippen LogP contribution in [-0.4, -0.2) is 22.4 Å². The maximum Gasteiger partial charge on any atom is 0.0850 e. The molecule has 1 aromatic heterocycles. The molecule has 0 bridgehead atoms. The smallest absolute Gasteiger partial charge is 0.0850 e. The molecule has 1 atom stereocenters. The summed E-state index contributed by atoms with van der Waals surface area (Å²) in [5, 5.41) is 9.06. The van der Waals surface area contributed by atoms with Crippen LogP contribution in [0.4, 0.5) is 0 Å². The summed E-state index contributed by atoms with van der Waals surface area (Å²) in [5.41, 5.74) is 2.44. The van der Waals surface area contributed by atoms with Crippen LogP contribution in [0.15, 0.2) is 0 Å². The van der Waals surface area contributed by atoms with Crippen molar-refractivity contribution in [3.8, 4) is 0 Å². The van der Waals surface area contributed by atoms with Crippen LogP contribution < -0.4 is 5.32 Å². The Morgan fingerprint density at radius 3 is 2.40 bits per heavy atom. The zero-order valence-electron chi connectivity index (χ0n) is 13.9. The molecule has 0 spiro atoms. The van der Waals surface area contributed by atoms with Gasteiger partial charge in [-0.05, 0) is 31.6 Å². The van der Waals surface area contributed by atoms with Crippen LogP contribution in [0, 0.1) is 5.41 Å². The van der Waals surface area contributed by atoms with E-state index < -0.39 is 0 Å². The molecule has 0 radical (unpaired) electrons. The zero-order chi connectivity index (χ0) is 15.3. The summed E-state index contributed by atoms with van der Waals surface area (Å²) in [6.45, 7) is 15.1. The molecule has 1 rings (SSSR count). The minimum Gasteiger partial charge on any atom is -0.314 e. The lowest BCUT2D eigenvalue weighted by atomic mass is 9.82. The summed E-state index contributed by atoms with van der Waals surface area (Å²) in [4.78, 5) is 0. The normalized spacial score (nSPS) is 14.8. The second-order valence-corrected chi connectivity index (χ2v) is 6.63. The van der Waals surface area contributed by atoms with Crippen molar-refractivity contribution in [2.24, 2.45) is 5.41 Å². The number of nitrogens with zero attached hydrogens (tertiary/aromatic N) is 2. The maximum absolute atomic E-state index is 6.53. The SMILES string of the molecule is CCc1nn(CC)c(CC(C)(CC)CNC(C)C)c1Cl. The van der Waals surface area contributed by atoms with E-state index in [2.05, 4.69) is 56.6 Å². The fourth-order valence-corrected chi connectivity index (χ4v) is 2.69. The molecule has 1 N–H and O–H groups in total. The van der Waals surface area contributed by atoms with Gasteiger partial charge in [0.25, 0.3) is 0 Å². The van der Waals surface area contributed by atoms with E-state index in [1.165, 1.54) is 5.69 Å². The molecule has 0 fully saturated rings. The fraction of sp³-hybridized carbons (Fsp3) is 0.812. The van der Waals surface area contributed by atoms with E-state index >= 15 is 0 Å². The lowest BCUT2D eigenvalue weighted by molar-refractivity contribution is 0.274. The van der Waals surface area contributed by atoms with Crippen molar-refractivity contribution >= 4 is 11.6 Å². The molecule has 0 saturated carbocycles. The first-order chi connectivity index (χ1) is 9.36. The molecule has 0 aliphatic carbocycles. The van der Waals surface area contributed by atoms with Gasteiger partial charge in [0.1, 0.15) is 0 Å². The van der Waals surface area contributed by atoms with E-state index in [1.807, 2.05) is 0 Å². The van der Waals surface area contributed by atoms with Crippen molar-refractivity contribution in [3.05, 3.63) is 16.4 Å². The van der Waals surface area contributed by atoms with Crippen molar-refractivity contribution < 1.29 is 0 Å². The first-order valence-corrected chi connectivity index (χ1v) is 8.22. The van der Waals surface area contributed by atoms with E-state index in [9.17, 15) is 0 Å².